The average Bonchev–Trinajstić information content (AvgIpc) is 2.85. The van der Waals surface area contributed by atoms with Crippen molar-refractivity contribution in [1.82, 2.24) is 19.9 Å². The molecule has 1 N–H and O–H groups in total. The lowest BCUT2D eigenvalue weighted by molar-refractivity contribution is -0.139. The van der Waals surface area contributed by atoms with Crippen molar-refractivity contribution in [2.24, 2.45) is 0 Å². The van der Waals surface area contributed by atoms with E-state index in [2.05, 4.69) is 20.3 Å². The summed E-state index contributed by atoms with van der Waals surface area (Å²) in [6.07, 6.45) is 7.57. The molecule has 1 aliphatic heterocycles. The average molecular weight is 434 g/mol. The fourth-order valence-electron chi connectivity index (χ4n) is 3.56. The molecule has 0 bridgehead atoms. The van der Waals surface area contributed by atoms with Gasteiger partial charge in [0.05, 0.1) is 43.5 Å². The standard InChI is InChI=1S/C24H27N5O3/c1-2-31-20-7-3-18(4-8-20)5-10-24(30)29-13-14-32-22(17-29)21-9-6-19(15-27-21)28-23-16-25-11-12-26-23/h3-4,6-9,11-12,15-16,22H,2,5,10,13-14,17H2,1H3,(H,26,28)/t22-/m0/s1. The molecule has 1 saturated heterocycles. The Morgan fingerprint density at radius 1 is 1.16 bits per heavy atom. The van der Waals surface area contributed by atoms with Crippen LogP contribution in [0.2, 0.25) is 0 Å². The second-order valence-electron chi connectivity index (χ2n) is 7.46. The van der Waals surface area contributed by atoms with Gasteiger partial charge in [-0.15, -0.1) is 0 Å². The minimum absolute atomic E-state index is 0.133. The second kappa shape index (κ2) is 10.7. The van der Waals surface area contributed by atoms with Crippen LogP contribution >= 0.6 is 0 Å². The molecule has 0 spiro atoms. The van der Waals surface area contributed by atoms with Crippen molar-refractivity contribution in [3.8, 4) is 5.75 Å². The number of ether oxygens (including phenoxy) is 2. The summed E-state index contributed by atoms with van der Waals surface area (Å²) >= 11 is 0. The molecule has 32 heavy (non-hydrogen) atoms. The van der Waals surface area contributed by atoms with E-state index in [0.717, 1.165) is 22.7 Å². The van der Waals surface area contributed by atoms with Crippen LogP contribution in [-0.4, -0.2) is 52.1 Å². The highest BCUT2D eigenvalue weighted by molar-refractivity contribution is 5.76. The number of nitrogens with one attached hydrogen (secondary N) is 1. The van der Waals surface area contributed by atoms with Crippen molar-refractivity contribution >= 4 is 17.4 Å². The quantitative estimate of drug-likeness (QED) is 0.581. The van der Waals surface area contributed by atoms with E-state index in [0.29, 0.717) is 45.0 Å². The van der Waals surface area contributed by atoms with Gasteiger partial charge in [-0.3, -0.25) is 14.8 Å². The van der Waals surface area contributed by atoms with Gasteiger partial charge in [-0.05, 0) is 43.2 Å². The lowest BCUT2D eigenvalue weighted by Crippen LogP contribution is -2.42. The lowest BCUT2D eigenvalue weighted by atomic mass is 10.1. The van der Waals surface area contributed by atoms with Gasteiger partial charge in [0.1, 0.15) is 17.7 Å². The Hall–Kier alpha value is -3.52. The van der Waals surface area contributed by atoms with Crippen LogP contribution in [0.4, 0.5) is 11.5 Å². The van der Waals surface area contributed by atoms with E-state index in [-0.39, 0.29) is 12.0 Å². The first-order valence-electron chi connectivity index (χ1n) is 10.8. The summed E-state index contributed by atoms with van der Waals surface area (Å²) in [6.45, 7) is 4.21. The van der Waals surface area contributed by atoms with Crippen LogP contribution in [0.25, 0.3) is 0 Å². The van der Waals surface area contributed by atoms with Crippen LogP contribution in [0.15, 0.2) is 61.2 Å². The predicted octanol–water partition coefficient (Wildman–Crippen LogP) is 3.55. The first kappa shape index (κ1) is 21.7. The van der Waals surface area contributed by atoms with Crippen LogP contribution in [0.1, 0.15) is 30.7 Å². The Balaban J connectivity index is 1.30. The first-order valence-corrected chi connectivity index (χ1v) is 10.8. The highest BCUT2D eigenvalue weighted by Gasteiger charge is 2.26. The molecule has 1 amide bonds. The van der Waals surface area contributed by atoms with E-state index in [1.165, 1.54) is 0 Å². The van der Waals surface area contributed by atoms with Crippen LogP contribution in [0.5, 0.6) is 5.75 Å². The van der Waals surface area contributed by atoms with Gasteiger partial charge in [-0.1, -0.05) is 12.1 Å². The van der Waals surface area contributed by atoms with Gasteiger partial charge in [0.15, 0.2) is 0 Å². The number of pyridine rings is 1. The zero-order valence-electron chi connectivity index (χ0n) is 18.1. The number of benzene rings is 1. The number of nitrogens with zero attached hydrogens (tertiary/aromatic N) is 4. The summed E-state index contributed by atoms with van der Waals surface area (Å²) < 4.78 is 11.4. The zero-order valence-corrected chi connectivity index (χ0v) is 18.1. The number of carbonyl (C=O) groups excluding carboxylic acids is 1. The zero-order chi connectivity index (χ0) is 22.2. The molecule has 0 unspecified atom stereocenters. The molecular weight excluding hydrogens is 406 g/mol. The van der Waals surface area contributed by atoms with Gasteiger partial charge in [-0.25, -0.2) is 4.98 Å². The van der Waals surface area contributed by atoms with Gasteiger partial charge in [0, 0.05) is 25.4 Å². The summed E-state index contributed by atoms with van der Waals surface area (Å²) in [5, 5.41) is 3.15. The summed E-state index contributed by atoms with van der Waals surface area (Å²) in [6, 6.07) is 11.8. The number of aromatic nitrogens is 3. The van der Waals surface area contributed by atoms with Crippen LogP contribution in [0, 0.1) is 0 Å². The number of morpholine rings is 1. The second-order valence-corrected chi connectivity index (χ2v) is 7.46. The molecule has 1 aromatic carbocycles. The van der Waals surface area contributed by atoms with Crippen molar-refractivity contribution in [1.29, 1.82) is 0 Å². The number of aryl methyl sites for hydroxylation is 1. The van der Waals surface area contributed by atoms with Gasteiger partial charge in [0.2, 0.25) is 5.91 Å². The molecule has 2 aromatic heterocycles. The van der Waals surface area contributed by atoms with Crippen molar-refractivity contribution in [3.63, 3.8) is 0 Å². The summed E-state index contributed by atoms with van der Waals surface area (Å²) in [7, 11) is 0. The molecule has 8 nitrogen and oxygen atoms in total. The maximum atomic E-state index is 12.8. The molecule has 0 aliphatic carbocycles. The summed E-state index contributed by atoms with van der Waals surface area (Å²) in [4.78, 5) is 27.4. The van der Waals surface area contributed by atoms with E-state index in [1.54, 1.807) is 24.8 Å². The lowest BCUT2D eigenvalue weighted by Gasteiger charge is -2.32. The summed E-state index contributed by atoms with van der Waals surface area (Å²) in [5.74, 6) is 1.64. The molecule has 3 heterocycles. The Kier molecular flexibility index (Phi) is 7.24. The number of anilines is 2. The maximum absolute atomic E-state index is 12.8. The van der Waals surface area contributed by atoms with Gasteiger partial charge in [-0.2, -0.15) is 0 Å². The van der Waals surface area contributed by atoms with Crippen molar-refractivity contribution < 1.29 is 14.3 Å². The van der Waals surface area contributed by atoms with Crippen molar-refractivity contribution in [3.05, 3.63) is 72.4 Å². The van der Waals surface area contributed by atoms with Crippen molar-refractivity contribution in [2.45, 2.75) is 25.9 Å². The first-order chi connectivity index (χ1) is 15.7. The molecule has 0 radical (unpaired) electrons. The SMILES string of the molecule is CCOc1ccc(CCC(=O)N2CCO[C@H](c3ccc(Nc4cnccn4)cn3)C2)cc1. The van der Waals surface area contributed by atoms with E-state index < -0.39 is 0 Å². The fourth-order valence-corrected chi connectivity index (χ4v) is 3.56. The third-order valence-corrected chi connectivity index (χ3v) is 5.23. The number of amides is 1. The smallest absolute Gasteiger partial charge is 0.223 e. The Labute approximate surface area is 187 Å². The Morgan fingerprint density at radius 3 is 2.75 bits per heavy atom. The molecule has 0 saturated carbocycles. The maximum Gasteiger partial charge on any atom is 0.223 e. The normalized spacial score (nSPS) is 15.9. The van der Waals surface area contributed by atoms with Gasteiger partial charge < -0.3 is 19.7 Å². The molecule has 4 rings (SSSR count). The van der Waals surface area contributed by atoms with Gasteiger partial charge >= 0.3 is 0 Å². The number of hydrogen-bond donors (Lipinski definition) is 1. The molecule has 1 aliphatic rings. The highest BCUT2D eigenvalue weighted by atomic mass is 16.5. The third-order valence-electron chi connectivity index (χ3n) is 5.23. The predicted molar refractivity (Wildman–Crippen MR) is 121 cm³/mol. The minimum Gasteiger partial charge on any atom is -0.494 e. The summed E-state index contributed by atoms with van der Waals surface area (Å²) in [5.41, 5.74) is 2.74. The Morgan fingerprint density at radius 2 is 2.03 bits per heavy atom. The molecular formula is C24H27N5O3. The van der Waals surface area contributed by atoms with E-state index in [9.17, 15) is 4.79 Å². The Bertz CT molecular complexity index is 996. The number of carbonyl (C=O) groups is 1. The monoisotopic (exact) mass is 433 g/mol. The fraction of sp³-hybridized carbons (Fsp3) is 0.333. The topological polar surface area (TPSA) is 89.5 Å². The van der Waals surface area contributed by atoms with Crippen molar-refractivity contribution in [2.75, 3.05) is 31.6 Å². The van der Waals surface area contributed by atoms with Crippen LogP contribution in [0.3, 0.4) is 0 Å². The van der Waals surface area contributed by atoms with E-state index in [1.807, 2.05) is 48.2 Å². The molecule has 3 aromatic rings. The molecule has 1 atom stereocenters. The molecule has 166 valence electrons. The van der Waals surface area contributed by atoms with Crippen LogP contribution < -0.4 is 10.1 Å². The largest absolute Gasteiger partial charge is 0.494 e. The number of rotatable bonds is 8. The molecule has 1 fully saturated rings. The van der Waals surface area contributed by atoms with Crippen LogP contribution in [-0.2, 0) is 16.0 Å². The number of hydrogen-bond acceptors (Lipinski definition) is 7. The van der Waals surface area contributed by atoms with Gasteiger partial charge in [0.25, 0.3) is 0 Å². The van der Waals surface area contributed by atoms with E-state index >= 15 is 0 Å². The van der Waals surface area contributed by atoms with E-state index in [4.69, 9.17) is 9.47 Å². The molecule has 8 heteroatoms. The highest BCUT2D eigenvalue weighted by Crippen LogP contribution is 2.23. The minimum atomic E-state index is -0.233. The third kappa shape index (κ3) is 5.79.